The van der Waals surface area contributed by atoms with Crippen LogP contribution < -0.4 is 4.74 Å². The lowest BCUT2D eigenvalue weighted by Crippen LogP contribution is -2.28. The fourth-order valence-electron chi connectivity index (χ4n) is 3.97. The number of hydrogen-bond acceptors (Lipinski definition) is 3. The van der Waals surface area contributed by atoms with Crippen LogP contribution in [0.5, 0.6) is 5.75 Å². The Bertz CT molecular complexity index is 765. The number of amides is 1. The molecule has 1 saturated heterocycles. The van der Waals surface area contributed by atoms with E-state index in [-0.39, 0.29) is 11.3 Å². The molecule has 1 aliphatic carbocycles. The lowest BCUT2D eigenvalue weighted by Gasteiger charge is -2.34. The Hall–Kier alpha value is -2.56. The summed E-state index contributed by atoms with van der Waals surface area (Å²) in [6.45, 7) is 2.59. The van der Waals surface area contributed by atoms with Crippen LogP contribution in [0, 0.1) is 5.41 Å². The summed E-state index contributed by atoms with van der Waals surface area (Å²) in [5.41, 5.74) is 2.75. The zero-order chi connectivity index (χ0) is 18.0. The highest BCUT2D eigenvalue weighted by Crippen LogP contribution is 2.50. The second-order valence-corrected chi connectivity index (χ2v) is 6.97. The van der Waals surface area contributed by atoms with Crippen molar-refractivity contribution in [3.8, 4) is 5.75 Å². The molecule has 1 atom stereocenters. The van der Waals surface area contributed by atoms with Gasteiger partial charge in [0.1, 0.15) is 5.75 Å². The molecule has 2 aliphatic rings. The summed E-state index contributed by atoms with van der Waals surface area (Å²) in [4.78, 5) is 25.5. The van der Waals surface area contributed by atoms with Crippen molar-refractivity contribution < 1.29 is 19.4 Å². The molecule has 5 nitrogen and oxygen atoms in total. The third kappa shape index (κ3) is 3.45. The van der Waals surface area contributed by atoms with E-state index in [1.165, 1.54) is 6.08 Å². The predicted molar refractivity (Wildman–Crippen MR) is 93.9 cm³/mol. The van der Waals surface area contributed by atoms with Crippen molar-refractivity contribution in [1.29, 1.82) is 0 Å². The monoisotopic (exact) mass is 341 g/mol. The van der Waals surface area contributed by atoms with Crippen LogP contribution in [0.15, 0.2) is 47.7 Å². The molecule has 1 N–H and O–H groups in total. The molecular weight excluding hydrogens is 318 g/mol. The summed E-state index contributed by atoms with van der Waals surface area (Å²) in [5.74, 6) is -0.108. The van der Waals surface area contributed by atoms with E-state index >= 15 is 0 Å². The fourth-order valence-corrected chi connectivity index (χ4v) is 3.97. The van der Waals surface area contributed by atoms with Crippen LogP contribution in [0.25, 0.3) is 0 Å². The lowest BCUT2D eigenvalue weighted by molar-refractivity contribution is -0.131. The molecule has 1 aliphatic heterocycles. The van der Waals surface area contributed by atoms with E-state index in [4.69, 9.17) is 9.84 Å². The number of benzene rings is 1. The van der Waals surface area contributed by atoms with Gasteiger partial charge in [0.15, 0.2) is 0 Å². The third-order valence-corrected chi connectivity index (χ3v) is 5.06. The Balaban J connectivity index is 1.98. The maximum atomic E-state index is 12.7. The van der Waals surface area contributed by atoms with Gasteiger partial charge in [-0.25, -0.2) is 4.79 Å². The molecule has 0 saturated carbocycles. The van der Waals surface area contributed by atoms with E-state index < -0.39 is 5.97 Å². The molecule has 1 unspecified atom stereocenters. The SMILES string of the molecule is COc1cccc(CN2C(=O)CC3(C)CCCC(C=CC(=O)O)=C23)c1. The predicted octanol–water partition coefficient (Wildman–Crippen LogP) is 3.51. The summed E-state index contributed by atoms with van der Waals surface area (Å²) in [5, 5.41) is 8.96. The Kier molecular flexibility index (Phi) is 4.66. The smallest absolute Gasteiger partial charge is 0.328 e. The first kappa shape index (κ1) is 17.3. The van der Waals surface area contributed by atoms with Gasteiger partial charge in [-0.1, -0.05) is 25.1 Å². The zero-order valence-electron chi connectivity index (χ0n) is 14.6. The van der Waals surface area contributed by atoms with Crippen molar-refractivity contribution in [2.24, 2.45) is 5.41 Å². The molecule has 132 valence electrons. The van der Waals surface area contributed by atoms with Gasteiger partial charge < -0.3 is 14.7 Å². The Morgan fingerprint density at radius 2 is 2.24 bits per heavy atom. The molecule has 5 heteroatoms. The standard InChI is InChI=1S/C20H23NO4/c1-20-10-4-6-15(8-9-18(23)24)19(20)21(17(22)12-20)13-14-5-3-7-16(11-14)25-2/h3,5,7-9,11H,4,6,10,12-13H2,1-2H3,(H,23,24). The second kappa shape index (κ2) is 6.75. The first-order valence-corrected chi connectivity index (χ1v) is 8.51. The van der Waals surface area contributed by atoms with Gasteiger partial charge in [0.2, 0.25) is 5.91 Å². The van der Waals surface area contributed by atoms with Gasteiger partial charge in [-0.15, -0.1) is 0 Å². The minimum absolute atomic E-state index is 0.100. The highest BCUT2D eigenvalue weighted by atomic mass is 16.5. The van der Waals surface area contributed by atoms with E-state index in [2.05, 4.69) is 6.92 Å². The lowest BCUT2D eigenvalue weighted by atomic mass is 9.74. The van der Waals surface area contributed by atoms with Crippen molar-refractivity contribution in [3.05, 3.63) is 53.3 Å². The van der Waals surface area contributed by atoms with Crippen LogP contribution in [0.1, 0.15) is 38.2 Å². The number of ether oxygens (including phenoxy) is 1. The average Bonchev–Trinajstić information content (AvgIpc) is 2.83. The second-order valence-electron chi connectivity index (χ2n) is 6.97. The highest BCUT2D eigenvalue weighted by molar-refractivity contribution is 5.84. The maximum Gasteiger partial charge on any atom is 0.328 e. The number of hydrogen-bond donors (Lipinski definition) is 1. The van der Waals surface area contributed by atoms with E-state index in [1.807, 2.05) is 29.2 Å². The number of carboxylic acids is 1. The molecule has 1 heterocycles. The van der Waals surface area contributed by atoms with Gasteiger partial charge >= 0.3 is 5.97 Å². The number of carboxylic acid groups (broad SMARTS) is 1. The fraction of sp³-hybridized carbons (Fsp3) is 0.400. The largest absolute Gasteiger partial charge is 0.497 e. The number of carbonyl (C=O) groups is 2. The number of carbonyl (C=O) groups excluding carboxylic acids is 1. The molecule has 3 rings (SSSR count). The van der Waals surface area contributed by atoms with E-state index in [9.17, 15) is 9.59 Å². The van der Waals surface area contributed by atoms with E-state index in [0.29, 0.717) is 13.0 Å². The normalized spacial score (nSPS) is 23.3. The van der Waals surface area contributed by atoms with Gasteiger partial charge in [0.05, 0.1) is 13.7 Å². The molecular formula is C20H23NO4. The van der Waals surface area contributed by atoms with E-state index in [0.717, 1.165) is 41.8 Å². The number of rotatable bonds is 5. The van der Waals surface area contributed by atoms with Gasteiger partial charge in [-0.2, -0.15) is 0 Å². The van der Waals surface area contributed by atoms with Crippen LogP contribution in [0.2, 0.25) is 0 Å². The quantitative estimate of drug-likeness (QED) is 0.832. The van der Waals surface area contributed by atoms with Gasteiger partial charge in [0, 0.05) is 23.6 Å². The minimum atomic E-state index is -0.968. The van der Waals surface area contributed by atoms with Crippen molar-refractivity contribution in [1.82, 2.24) is 4.90 Å². The van der Waals surface area contributed by atoms with Crippen LogP contribution in [0.4, 0.5) is 0 Å². The molecule has 0 radical (unpaired) electrons. The van der Waals surface area contributed by atoms with Crippen LogP contribution in [0.3, 0.4) is 0 Å². The first-order chi connectivity index (χ1) is 11.9. The molecule has 0 aromatic heterocycles. The van der Waals surface area contributed by atoms with Gasteiger partial charge in [0.25, 0.3) is 0 Å². The summed E-state index contributed by atoms with van der Waals surface area (Å²) in [6.07, 6.45) is 6.03. The molecule has 0 spiro atoms. The summed E-state index contributed by atoms with van der Waals surface area (Å²) in [7, 11) is 1.62. The first-order valence-electron chi connectivity index (χ1n) is 8.51. The maximum absolute atomic E-state index is 12.7. The molecule has 0 bridgehead atoms. The topological polar surface area (TPSA) is 66.8 Å². The van der Waals surface area contributed by atoms with Gasteiger partial charge in [-0.05, 0) is 42.5 Å². The summed E-state index contributed by atoms with van der Waals surface area (Å²) in [6, 6.07) is 7.69. The Labute approximate surface area is 147 Å². The third-order valence-electron chi connectivity index (χ3n) is 5.06. The summed E-state index contributed by atoms with van der Waals surface area (Å²) >= 11 is 0. The zero-order valence-corrected chi connectivity index (χ0v) is 14.6. The van der Waals surface area contributed by atoms with E-state index in [1.54, 1.807) is 13.2 Å². The number of methoxy groups -OCH3 is 1. The number of allylic oxidation sites excluding steroid dienone is 3. The number of fused-ring (bicyclic) bond motifs is 1. The highest BCUT2D eigenvalue weighted by Gasteiger charge is 2.46. The van der Waals surface area contributed by atoms with Crippen molar-refractivity contribution in [2.45, 2.75) is 39.2 Å². The molecule has 25 heavy (non-hydrogen) atoms. The van der Waals surface area contributed by atoms with Gasteiger partial charge in [-0.3, -0.25) is 4.79 Å². The number of aliphatic carboxylic acids is 1. The average molecular weight is 341 g/mol. The molecule has 1 aromatic rings. The van der Waals surface area contributed by atoms with Crippen molar-refractivity contribution in [3.63, 3.8) is 0 Å². The van der Waals surface area contributed by atoms with Crippen LogP contribution in [-0.2, 0) is 16.1 Å². The number of likely N-dealkylation sites (tertiary alicyclic amines) is 1. The van der Waals surface area contributed by atoms with Crippen molar-refractivity contribution in [2.75, 3.05) is 7.11 Å². The van der Waals surface area contributed by atoms with Crippen molar-refractivity contribution >= 4 is 11.9 Å². The molecule has 1 amide bonds. The molecule has 1 aromatic carbocycles. The minimum Gasteiger partial charge on any atom is -0.497 e. The Morgan fingerprint density at radius 1 is 1.44 bits per heavy atom. The Morgan fingerprint density at radius 3 is 2.96 bits per heavy atom. The number of nitrogens with zero attached hydrogens (tertiary/aromatic N) is 1. The van der Waals surface area contributed by atoms with Crippen LogP contribution >= 0.6 is 0 Å². The summed E-state index contributed by atoms with van der Waals surface area (Å²) < 4.78 is 5.27. The molecule has 1 fully saturated rings. The van der Waals surface area contributed by atoms with Crippen LogP contribution in [-0.4, -0.2) is 29.0 Å².